The molecule has 32 heavy (non-hydrogen) atoms. The molecule has 0 saturated heterocycles. The van der Waals surface area contributed by atoms with Gasteiger partial charge in [0, 0.05) is 19.2 Å². The number of hydrogen-bond acceptors (Lipinski definition) is 6. The number of benzene rings is 2. The lowest BCUT2D eigenvalue weighted by atomic mass is 10.2. The van der Waals surface area contributed by atoms with Crippen molar-refractivity contribution in [1.82, 2.24) is 24.6 Å². The molecule has 0 spiro atoms. The molecular formula is C23H22FN5OS2. The van der Waals surface area contributed by atoms with Gasteiger partial charge in [0.2, 0.25) is 5.91 Å². The van der Waals surface area contributed by atoms with Gasteiger partial charge in [0.15, 0.2) is 11.0 Å². The van der Waals surface area contributed by atoms with Gasteiger partial charge in [-0.3, -0.25) is 9.36 Å². The fraction of sp³-hybridized carbons (Fsp3) is 0.217. The van der Waals surface area contributed by atoms with Crippen LogP contribution in [0, 0.1) is 5.82 Å². The summed E-state index contributed by atoms with van der Waals surface area (Å²) in [5.74, 6) is 0.480. The molecule has 1 amide bonds. The zero-order chi connectivity index (χ0) is 22.7. The summed E-state index contributed by atoms with van der Waals surface area (Å²) in [4.78, 5) is 19.3. The largest absolute Gasteiger partial charge is 0.336 e. The van der Waals surface area contributed by atoms with E-state index >= 15 is 0 Å². The van der Waals surface area contributed by atoms with E-state index < -0.39 is 0 Å². The lowest BCUT2D eigenvalue weighted by Crippen LogP contribution is -2.31. The fourth-order valence-corrected chi connectivity index (χ4v) is 5.11. The molecule has 0 aliphatic rings. The molecule has 0 fully saturated rings. The number of hydrogen-bond donors (Lipinski definition) is 0. The average molecular weight is 468 g/mol. The SMILES string of the molecule is C=CCn1c(SCC(=O)N(C)C(C)c2nc3ccccc3s2)nnc1-c1ccc(F)cc1. The van der Waals surface area contributed by atoms with Gasteiger partial charge < -0.3 is 4.90 Å². The first-order chi connectivity index (χ1) is 15.5. The van der Waals surface area contributed by atoms with Crippen LogP contribution in [0.25, 0.3) is 21.6 Å². The third-order valence-electron chi connectivity index (χ3n) is 5.10. The highest BCUT2D eigenvalue weighted by atomic mass is 32.2. The van der Waals surface area contributed by atoms with Crippen LogP contribution in [0.5, 0.6) is 0 Å². The van der Waals surface area contributed by atoms with E-state index in [0.29, 0.717) is 17.5 Å². The van der Waals surface area contributed by atoms with Crippen LogP contribution in [0.3, 0.4) is 0 Å². The molecule has 0 bridgehead atoms. The summed E-state index contributed by atoms with van der Waals surface area (Å²) in [6.45, 7) is 6.26. The highest BCUT2D eigenvalue weighted by Crippen LogP contribution is 2.30. The third kappa shape index (κ3) is 4.58. The van der Waals surface area contributed by atoms with Gasteiger partial charge in [-0.1, -0.05) is 30.0 Å². The molecule has 1 atom stereocenters. The van der Waals surface area contributed by atoms with E-state index in [2.05, 4.69) is 21.8 Å². The van der Waals surface area contributed by atoms with Crippen LogP contribution in [0.2, 0.25) is 0 Å². The Balaban J connectivity index is 1.47. The van der Waals surface area contributed by atoms with Gasteiger partial charge in [0.05, 0.1) is 22.0 Å². The van der Waals surface area contributed by atoms with Crippen LogP contribution >= 0.6 is 23.1 Å². The summed E-state index contributed by atoms with van der Waals surface area (Å²) in [6.07, 6.45) is 1.74. The van der Waals surface area contributed by atoms with Crippen molar-refractivity contribution < 1.29 is 9.18 Å². The second-order valence-corrected chi connectivity index (χ2v) is 9.21. The van der Waals surface area contributed by atoms with Gasteiger partial charge in [0.1, 0.15) is 10.8 Å². The van der Waals surface area contributed by atoms with E-state index in [1.165, 1.54) is 23.9 Å². The number of halogens is 1. The molecule has 9 heteroatoms. The monoisotopic (exact) mass is 467 g/mol. The van der Waals surface area contributed by atoms with Crippen molar-refractivity contribution in [3.05, 3.63) is 72.0 Å². The van der Waals surface area contributed by atoms with E-state index in [4.69, 9.17) is 0 Å². The molecule has 0 radical (unpaired) electrons. The highest BCUT2D eigenvalue weighted by Gasteiger charge is 2.22. The molecule has 2 heterocycles. The highest BCUT2D eigenvalue weighted by molar-refractivity contribution is 7.99. The number of thiazole rings is 1. The van der Waals surface area contributed by atoms with Crippen molar-refractivity contribution in [3.8, 4) is 11.4 Å². The number of carbonyl (C=O) groups excluding carboxylic acids is 1. The number of allylic oxidation sites excluding steroid dienone is 1. The summed E-state index contributed by atoms with van der Waals surface area (Å²) in [6, 6.07) is 13.9. The minimum Gasteiger partial charge on any atom is -0.336 e. The maximum Gasteiger partial charge on any atom is 0.233 e. The summed E-state index contributed by atoms with van der Waals surface area (Å²) in [5, 5.41) is 10.0. The number of amides is 1. The van der Waals surface area contributed by atoms with Crippen LogP contribution < -0.4 is 0 Å². The predicted molar refractivity (Wildman–Crippen MR) is 127 cm³/mol. The lowest BCUT2D eigenvalue weighted by molar-refractivity contribution is -0.128. The van der Waals surface area contributed by atoms with Crippen LogP contribution in [0.4, 0.5) is 4.39 Å². The molecule has 6 nitrogen and oxygen atoms in total. The second kappa shape index (κ2) is 9.62. The second-order valence-electron chi connectivity index (χ2n) is 7.20. The molecule has 4 rings (SSSR count). The maximum atomic E-state index is 13.3. The summed E-state index contributed by atoms with van der Waals surface area (Å²) >= 11 is 2.92. The van der Waals surface area contributed by atoms with E-state index in [0.717, 1.165) is 20.8 Å². The van der Waals surface area contributed by atoms with Crippen molar-refractivity contribution >= 4 is 39.2 Å². The van der Waals surface area contributed by atoms with E-state index in [1.54, 1.807) is 41.5 Å². The minimum absolute atomic E-state index is 0.0294. The van der Waals surface area contributed by atoms with Crippen LogP contribution in [-0.2, 0) is 11.3 Å². The number of thioether (sulfide) groups is 1. The molecule has 0 saturated carbocycles. The van der Waals surface area contributed by atoms with Crippen LogP contribution in [0.15, 0.2) is 66.3 Å². The number of fused-ring (bicyclic) bond motifs is 1. The minimum atomic E-state index is -0.311. The van der Waals surface area contributed by atoms with Gasteiger partial charge in [-0.2, -0.15) is 0 Å². The number of rotatable bonds is 8. The lowest BCUT2D eigenvalue weighted by Gasteiger charge is -2.23. The molecule has 164 valence electrons. The van der Waals surface area contributed by atoms with Crippen LogP contribution in [-0.4, -0.2) is 43.4 Å². The Morgan fingerprint density at radius 3 is 2.72 bits per heavy atom. The molecule has 0 aliphatic carbocycles. The summed E-state index contributed by atoms with van der Waals surface area (Å²) < 4.78 is 16.3. The third-order valence-corrected chi connectivity index (χ3v) is 7.26. The van der Waals surface area contributed by atoms with Crippen molar-refractivity contribution in [2.45, 2.75) is 24.7 Å². The molecule has 1 unspecified atom stereocenters. The Kier molecular flexibility index (Phi) is 6.66. The number of nitrogens with zero attached hydrogens (tertiary/aromatic N) is 5. The van der Waals surface area contributed by atoms with Gasteiger partial charge in [-0.25, -0.2) is 9.37 Å². The summed E-state index contributed by atoms with van der Waals surface area (Å²) in [7, 11) is 1.79. The summed E-state index contributed by atoms with van der Waals surface area (Å²) in [5.41, 5.74) is 1.70. The Morgan fingerprint density at radius 1 is 1.25 bits per heavy atom. The first kappa shape index (κ1) is 22.2. The van der Waals surface area contributed by atoms with Crippen molar-refractivity contribution in [1.29, 1.82) is 0 Å². The Morgan fingerprint density at radius 2 is 2.00 bits per heavy atom. The Hall–Kier alpha value is -3.04. The molecule has 0 aliphatic heterocycles. The quantitative estimate of drug-likeness (QED) is 0.264. The molecule has 4 aromatic rings. The van der Waals surface area contributed by atoms with Gasteiger partial charge in [-0.15, -0.1) is 28.1 Å². The maximum absolute atomic E-state index is 13.3. The zero-order valence-electron chi connectivity index (χ0n) is 17.7. The average Bonchev–Trinajstić information content (AvgIpc) is 3.41. The van der Waals surface area contributed by atoms with Crippen molar-refractivity contribution in [2.24, 2.45) is 0 Å². The van der Waals surface area contributed by atoms with E-state index in [1.807, 2.05) is 35.8 Å². The standard InChI is InChI=1S/C23H22FN5OS2/c1-4-13-29-21(16-9-11-17(24)12-10-16)26-27-23(29)31-14-20(30)28(3)15(2)22-25-18-7-5-6-8-19(18)32-22/h4-12,15H,1,13-14H2,2-3H3. The van der Waals surface area contributed by atoms with E-state index in [-0.39, 0.29) is 23.5 Å². The molecule has 2 aromatic carbocycles. The number of carbonyl (C=O) groups is 1. The van der Waals surface area contributed by atoms with Crippen molar-refractivity contribution in [3.63, 3.8) is 0 Å². The van der Waals surface area contributed by atoms with Gasteiger partial charge in [0.25, 0.3) is 0 Å². The van der Waals surface area contributed by atoms with Gasteiger partial charge >= 0.3 is 0 Å². The van der Waals surface area contributed by atoms with Crippen LogP contribution in [0.1, 0.15) is 18.0 Å². The first-order valence-corrected chi connectivity index (χ1v) is 11.8. The normalized spacial score (nSPS) is 12.1. The topological polar surface area (TPSA) is 63.9 Å². The molecule has 2 aromatic heterocycles. The Labute approximate surface area is 193 Å². The zero-order valence-corrected chi connectivity index (χ0v) is 19.4. The fourth-order valence-electron chi connectivity index (χ4n) is 3.18. The van der Waals surface area contributed by atoms with E-state index in [9.17, 15) is 9.18 Å². The van der Waals surface area contributed by atoms with Gasteiger partial charge in [-0.05, 0) is 43.3 Å². The first-order valence-electron chi connectivity index (χ1n) is 10.0. The number of para-hydroxylation sites is 1. The molecule has 0 N–H and O–H groups in total. The predicted octanol–water partition coefficient (Wildman–Crippen LogP) is 5.19. The molecular weight excluding hydrogens is 445 g/mol. The van der Waals surface area contributed by atoms with Crippen molar-refractivity contribution in [2.75, 3.05) is 12.8 Å². The Bertz CT molecular complexity index is 1220. The number of aromatic nitrogens is 4. The smallest absolute Gasteiger partial charge is 0.233 e.